The fourth-order valence-corrected chi connectivity index (χ4v) is 3.57. The number of hydrogen-bond acceptors (Lipinski definition) is 6. The van der Waals surface area contributed by atoms with Crippen molar-refractivity contribution >= 4 is 17.5 Å². The Morgan fingerprint density at radius 3 is 2.69 bits per heavy atom. The maximum absolute atomic E-state index is 14.1. The summed E-state index contributed by atoms with van der Waals surface area (Å²) in [5, 5.41) is 7.30. The van der Waals surface area contributed by atoms with Crippen molar-refractivity contribution in [3.05, 3.63) is 46.8 Å². The first-order chi connectivity index (χ1) is 13.7. The number of nitrogens with two attached hydrogens (primary N) is 1. The van der Waals surface area contributed by atoms with Crippen LogP contribution in [0, 0.1) is 12.7 Å². The molecule has 4 rings (SSSR count). The monoisotopic (exact) mass is 396 g/mol. The van der Waals surface area contributed by atoms with Crippen LogP contribution < -0.4 is 15.8 Å². The average molecular weight is 396 g/mol. The lowest BCUT2D eigenvalue weighted by molar-refractivity contribution is -0.119. The number of carbonyl (C=O) groups excluding carboxylic acids is 1. The van der Waals surface area contributed by atoms with E-state index in [1.807, 2.05) is 6.92 Å². The summed E-state index contributed by atoms with van der Waals surface area (Å²) in [6.07, 6.45) is 0. The number of anilines is 2. The third-order valence-corrected chi connectivity index (χ3v) is 5.18. The van der Waals surface area contributed by atoms with Gasteiger partial charge in [0.05, 0.1) is 24.6 Å². The zero-order chi connectivity index (χ0) is 20.9. The number of benzene rings is 1. The fourth-order valence-electron chi connectivity index (χ4n) is 3.57. The molecular weight excluding hydrogens is 375 g/mol. The minimum absolute atomic E-state index is 0.181. The topological polar surface area (TPSA) is 108 Å². The molecule has 0 bridgehead atoms. The highest BCUT2D eigenvalue weighted by atomic mass is 19.1. The Morgan fingerprint density at radius 2 is 2.00 bits per heavy atom. The van der Waals surface area contributed by atoms with Gasteiger partial charge < -0.3 is 15.8 Å². The number of hydrogen-bond donors (Lipinski definition) is 2. The zero-order valence-corrected chi connectivity index (χ0v) is 16.6. The van der Waals surface area contributed by atoms with Crippen LogP contribution in [-0.2, 0) is 16.8 Å². The van der Waals surface area contributed by atoms with E-state index in [4.69, 9.17) is 10.5 Å². The van der Waals surface area contributed by atoms with Gasteiger partial charge in [-0.25, -0.2) is 19.0 Å². The lowest BCUT2D eigenvalue weighted by Crippen LogP contribution is -2.27. The highest BCUT2D eigenvalue weighted by Gasteiger charge is 2.42. The van der Waals surface area contributed by atoms with Crippen molar-refractivity contribution in [2.24, 2.45) is 0 Å². The van der Waals surface area contributed by atoms with Gasteiger partial charge >= 0.3 is 0 Å². The molecule has 3 N–H and O–H groups in total. The Morgan fingerprint density at radius 1 is 1.28 bits per heavy atom. The molecule has 3 aromatic rings. The van der Waals surface area contributed by atoms with Gasteiger partial charge in [0.15, 0.2) is 5.82 Å². The fraction of sp³-hybridized carbons (Fsp3) is 0.300. The third-order valence-electron chi connectivity index (χ3n) is 5.18. The van der Waals surface area contributed by atoms with E-state index < -0.39 is 5.41 Å². The summed E-state index contributed by atoms with van der Waals surface area (Å²) in [6, 6.07) is 6.48. The minimum Gasteiger partial charge on any atom is -0.481 e. The second-order valence-corrected chi connectivity index (χ2v) is 7.47. The van der Waals surface area contributed by atoms with E-state index in [0.717, 1.165) is 0 Å². The molecule has 0 saturated carbocycles. The Hall–Kier alpha value is -3.49. The molecule has 0 spiro atoms. The number of aromatic nitrogens is 4. The lowest BCUT2D eigenvalue weighted by Gasteiger charge is -2.16. The number of nitrogens with zero attached hydrogens (tertiary/aromatic N) is 4. The van der Waals surface area contributed by atoms with Crippen LogP contribution in [0.2, 0.25) is 0 Å². The van der Waals surface area contributed by atoms with Crippen LogP contribution in [0.4, 0.5) is 16.0 Å². The van der Waals surface area contributed by atoms with Gasteiger partial charge in [0.25, 0.3) is 0 Å². The maximum Gasteiger partial charge on any atom is 0.235 e. The molecule has 29 heavy (non-hydrogen) atoms. The van der Waals surface area contributed by atoms with Crippen LogP contribution >= 0.6 is 0 Å². The minimum atomic E-state index is -0.811. The Kier molecular flexibility index (Phi) is 4.25. The van der Waals surface area contributed by atoms with E-state index in [9.17, 15) is 9.18 Å². The molecule has 1 aromatic carbocycles. The van der Waals surface area contributed by atoms with Crippen molar-refractivity contribution in [2.45, 2.75) is 32.7 Å². The summed E-state index contributed by atoms with van der Waals surface area (Å²) in [4.78, 5) is 21.1. The number of nitrogens with one attached hydrogen (secondary N) is 1. The Labute approximate surface area is 166 Å². The third kappa shape index (κ3) is 2.89. The number of amides is 1. The number of carbonyl (C=O) groups is 1. The van der Waals surface area contributed by atoms with Gasteiger partial charge in [0.1, 0.15) is 23.1 Å². The normalized spacial score (nSPS) is 14.6. The Balaban J connectivity index is 1.80. The molecule has 1 amide bonds. The first-order valence-electron chi connectivity index (χ1n) is 9.08. The predicted octanol–water partition coefficient (Wildman–Crippen LogP) is 2.66. The number of methoxy groups -OCH3 is 1. The van der Waals surface area contributed by atoms with Crippen molar-refractivity contribution in [3.8, 4) is 17.4 Å². The number of nitrogen functional groups attached to an aromatic ring is 1. The highest BCUT2D eigenvalue weighted by molar-refractivity contribution is 6.06. The van der Waals surface area contributed by atoms with Crippen molar-refractivity contribution in [2.75, 3.05) is 18.2 Å². The smallest absolute Gasteiger partial charge is 0.235 e. The second-order valence-electron chi connectivity index (χ2n) is 7.47. The predicted molar refractivity (Wildman–Crippen MR) is 106 cm³/mol. The molecule has 3 heterocycles. The molecule has 8 nitrogen and oxygen atoms in total. The van der Waals surface area contributed by atoms with E-state index in [-0.39, 0.29) is 29.9 Å². The summed E-state index contributed by atoms with van der Waals surface area (Å²) in [7, 11) is 1.52. The maximum atomic E-state index is 14.1. The summed E-state index contributed by atoms with van der Waals surface area (Å²) < 4.78 is 21.1. The highest BCUT2D eigenvalue weighted by Crippen LogP contribution is 2.40. The summed E-state index contributed by atoms with van der Waals surface area (Å²) in [5.41, 5.74) is 7.53. The van der Waals surface area contributed by atoms with Crippen LogP contribution in [0.1, 0.15) is 30.5 Å². The van der Waals surface area contributed by atoms with Crippen LogP contribution in [0.5, 0.6) is 5.88 Å². The largest absolute Gasteiger partial charge is 0.481 e. The first kappa shape index (κ1) is 18.9. The van der Waals surface area contributed by atoms with Gasteiger partial charge in [-0.15, -0.1) is 0 Å². The zero-order valence-electron chi connectivity index (χ0n) is 16.6. The molecule has 0 unspecified atom stereocenters. The molecular formula is C20H21FN6O2. The van der Waals surface area contributed by atoms with Crippen molar-refractivity contribution in [1.82, 2.24) is 19.7 Å². The van der Waals surface area contributed by atoms with Gasteiger partial charge in [-0.3, -0.25) is 4.79 Å². The summed E-state index contributed by atoms with van der Waals surface area (Å²) >= 11 is 0. The SMILES string of the molecule is COc1c(C)c(-c2nc(N)c3c(n2)NC(=O)C3(C)C)nn1Cc1ccccc1F. The van der Waals surface area contributed by atoms with Gasteiger partial charge in [-0.1, -0.05) is 18.2 Å². The molecule has 150 valence electrons. The van der Waals surface area contributed by atoms with Gasteiger partial charge in [0.2, 0.25) is 11.8 Å². The van der Waals surface area contributed by atoms with Crippen molar-refractivity contribution in [1.29, 1.82) is 0 Å². The van der Waals surface area contributed by atoms with Gasteiger partial charge in [0, 0.05) is 11.1 Å². The number of halogens is 1. The number of fused-ring (bicyclic) bond motifs is 1. The van der Waals surface area contributed by atoms with Crippen LogP contribution in [-0.4, -0.2) is 32.8 Å². The number of rotatable bonds is 4. The molecule has 0 radical (unpaired) electrons. The van der Waals surface area contributed by atoms with E-state index in [1.54, 1.807) is 36.7 Å². The molecule has 1 aliphatic heterocycles. The van der Waals surface area contributed by atoms with Crippen molar-refractivity contribution < 1.29 is 13.9 Å². The standard InChI is InChI=1S/C20H21FN6O2/c1-10-14(17-23-15(22)13-16(24-17)25-19(28)20(13,2)3)26-27(18(10)29-4)9-11-7-5-6-8-12(11)21/h5-8H,9H2,1-4H3,(H3,22,23,24,25,28). The summed E-state index contributed by atoms with van der Waals surface area (Å²) in [6.45, 7) is 5.53. The molecule has 0 atom stereocenters. The molecule has 2 aromatic heterocycles. The van der Waals surface area contributed by atoms with Gasteiger partial charge in [-0.2, -0.15) is 5.10 Å². The van der Waals surface area contributed by atoms with Crippen molar-refractivity contribution in [3.63, 3.8) is 0 Å². The van der Waals surface area contributed by atoms with Gasteiger partial charge in [-0.05, 0) is 26.8 Å². The van der Waals surface area contributed by atoms with E-state index in [0.29, 0.717) is 34.1 Å². The molecule has 1 aliphatic rings. The molecule has 0 saturated heterocycles. The van der Waals surface area contributed by atoms with Crippen LogP contribution in [0.3, 0.4) is 0 Å². The number of ether oxygens (including phenoxy) is 1. The molecule has 0 fully saturated rings. The van der Waals surface area contributed by atoms with E-state index in [1.165, 1.54) is 13.2 Å². The van der Waals surface area contributed by atoms with E-state index >= 15 is 0 Å². The van der Waals surface area contributed by atoms with E-state index in [2.05, 4.69) is 20.4 Å². The average Bonchev–Trinajstić information content (AvgIpc) is 3.09. The second kappa shape index (κ2) is 6.54. The van der Waals surface area contributed by atoms with Crippen LogP contribution in [0.15, 0.2) is 24.3 Å². The summed E-state index contributed by atoms with van der Waals surface area (Å²) in [5.74, 6) is 0.815. The lowest BCUT2D eigenvalue weighted by atomic mass is 9.87. The van der Waals surface area contributed by atoms with Crippen LogP contribution in [0.25, 0.3) is 11.5 Å². The first-order valence-corrected chi connectivity index (χ1v) is 9.08. The molecule has 0 aliphatic carbocycles. The molecule has 9 heteroatoms. The Bertz CT molecular complexity index is 1140. The quantitative estimate of drug-likeness (QED) is 0.702.